The monoisotopic (exact) mass is 480 g/mol. The number of rotatable bonds is 10. The molecule has 34 heavy (non-hydrogen) atoms. The van der Waals surface area contributed by atoms with Crippen LogP contribution >= 0.6 is 11.3 Å². The summed E-state index contributed by atoms with van der Waals surface area (Å²) in [5, 5.41) is 2.81. The highest BCUT2D eigenvalue weighted by atomic mass is 32.1. The molecule has 0 bridgehead atoms. The molecule has 0 radical (unpaired) electrons. The van der Waals surface area contributed by atoms with Crippen LogP contribution in [0, 0.1) is 5.82 Å². The summed E-state index contributed by atoms with van der Waals surface area (Å²) in [5.41, 5.74) is 10.7. The first-order valence-corrected chi connectivity index (χ1v) is 11.9. The molecule has 0 saturated carbocycles. The van der Waals surface area contributed by atoms with E-state index >= 15 is 0 Å². The average Bonchev–Trinajstić information content (AvgIpc) is 3.28. The second-order valence-electron chi connectivity index (χ2n) is 7.92. The van der Waals surface area contributed by atoms with Crippen molar-refractivity contribution in [3.63, 3.8) is 0 Å². The molecule has 0 amide bonds. The van der Waals surface area contributed by atoms with Crippen molar-refractivity contribution >= 4 is 23.4 Å². The SMILES string of the molecule is CCOC(=O)/C(C)=C\C(C)=C\c1csc(C(N)Cc2ccc(OCc3ccc(F)cc3)cc2)n1. The lowest BCUT2D eigenvalue weighted by atomic mass is 10.1. The van der Waals surface area contributed by atoms with Gasteiger partial charge in [-0.15, -0.1) is 11.3 Å². The van der Waals surface area contributed by atoms with Crippen molar-refractivity contribution in [3.05, 3.63) is 98.8 Å². The molecule has 1 unspecified atom stereocenters. The molecule has 0 fully saturated rings. The van der Waals surface area contributed by atoms with Crippen molar-refractivity contribution in [3.8, 4) is 5.75 Å². The highest BCUT2D eigenvalue weighted by molar-refractivity contribution is 7.09. The first-order chi connectivity index (χ1) is 16.3. The van der Waals surface area contributed by atoms with Gasteiger partial charge in [0.2, 0.25) is 0 Å². The van der Waals surface area contributed by atoms with Crippen LogP contribution in [-0.2, 0) is 22.6 Å². The smallest absolute Gasteiger partial charge is 0.333 e. The van der Waals surface area contributed by atoms with Crippen molar-refractivity contribution in [2.75, 3.05) is 6.61 Å². The highest BCUT2D eigenvalue weighted by Crippen LogP contribution is 2.23. The third-order valence-electron chi connectivity index (χ3n) is 4.97. The number of nitrogens with two attached hydrogens (primary N) is 1. The Morgan fingerprint density at radius 2 is 1.79 bits per heavy atom. The summed E-state index contributed by atoms with van der Waals surface area (Å²) in [6.45, 7) is 6.17. The number of benzene rings is 2. The minimum Gasteiger partial charge on any atom is -0.489 e. The molecule has 1 atom stereocenters. The lowest BCUT2D eigenvalue weighted by Crippen LogP contribution is -2.13. The number of hydrogen-bond acceptors (Lipinski definition) is 6. The number of carbonyl (C=O) groups excluding carboxylic acids is 1. The predicted molar refractivity (Wildman–Crippen MR) is 134 cm³/mol. The van der Waals surface area contributed by atoms with Crippen molar-refractivity contribution in [2.45, 2.75) is 39.8 Å². The quantitative estimate of drug-likeness (QED) is 0.218. The third-order valence-corrected chi connectivity index (χ3v) is 5.97. The van der Waals surface area contributed by atoms with Crippen molar-refractivity contribution in [1.29, 1.82) is 0 Å². The van der Waals surface area contributed by atoms with Crippen LogP contribution in [0.5, 0.6) is 5.75 Å². The second kappa shape index (κ2) is 12.3. The van der Waals surface area contributed by atoms with Gasteiger partial charge in [-0.25, -0.2) is 14.2 Å². The van der Waals surface area contributed by atoms with Gasteiger partial charge in [0.25, 0.3) is 0 Å². The standard InChI is InChI=1S/C27H29FN2O3S/c1-4-32-27(31)19(3)13-18(2)14-23-17-34-26(30-23)25(29)15-20-7-11-24(12-8-20)33-16-21-5-9-22(28)10-6-21/h5-14,17,25H,4,15-16,29H2,1-3H3/b18-14+,19-13-. The molecule has 1 heterocycles. The topological polar surface area (TPSA) is 74.4 Å². The number of halogens is 1. The number of ether oxygens (including phenoxy) is 2. The van der Waals surface area contributed by atoms with E-state index in [1.807, 2.05) is 42.6 Å². The number of carbonyl (C=O) groups is 1. The van der Waals surface area contributed by atoms with E-state index in [9.17, 15) is 9.18 Å². The Labute approximate surface area is 203 Å². The number of aromatic nitrogens is 1. The van der Waals surface area contributed by atoms with E-state index in [1.54, 1.807) is 32.1 Å². The van der Waals surface area contributed by atoms with Crippen molar-refractivity contribution in [1.82, 2.24) is 4.98 Å². The Morgan fingerprint density at radius 1 is 1.12 bits per heavy atom. The van der Waals surface area contributed by atoms with E-state index in [2.05, 4.69) is 4.98 Å². The molecule has 2 aromatic carbocycles. The number of allylic oxidation sites excluding steroid dienone is 2. The van der Waals surface area contributed by atoms with Crippen LogP contribution in [0.1, 0.15) is 48.6 Å². The summed E-state index contributed by atoms with van der Waals surface area (Å²) in [4.78, 5) is 16.4. The van der Waals surface area contributed by atoms with Gasteiger partial charge < -0.3 is 15.2 Å². The molecule has 0 aliphatic heterocycles. The zero-order chi connectivity index (χ0) is 24.5. The zero-order valence-corrected chi connectivity index (χ0v) is 20.4. The lowest BCUT2D eigenvalue weighted by molar-refractivity contribution is -0.138. The van der Waals surface area contributed by atoms with Gasteiger partial charge >= 0.3 is 5.97 Å². The van der Waals surface area contributed by atoms with Crippen molar-refractivity contribution in [2.24, 2.45) is 5.73 Å². The summed E-state index contributed by atoms with van der Waals surface area (Å²) in [6.07, 6.45) is 4.36. The molecule has 5 nitrogen and oxygen atoms in total. The highest BCUT2D eigenvalue weighted by Gasteiger charge is 2.12. The first kappa shape index (κ1) is 25.3. The van der Waals surface area contributed by atoms with Crippen LogP contribution in [0.25, 0.3) is 6.08 Å². The molecule has 1 aromatic heterocycles. The van der Waals surface area contributed by atoms with Crippen molar-refractivity contribution < 1.29 is 18.7 Å². The zero-order valence-electron chi connectivity index (χ0n) is 19.6. The Morgan fingerprint density at radius 3 is 2.47 bits per heavy atom. The molecular formula is C27H29FN2O3S. The maximum atomic E-state index is 13.0. The maximum Gasteiger partial charge on any atom is 0.333 e. The number of thiazole rings is 1. The lowest BCUT2D eigenvalue weighted by Gasteiger charge is -2.10. The van der Waals surface area contributed by atoms with Gasteiger partial charge in [0.1, 0.15) is 23.2 Å². The van der Waals surface area contributed by atoms with Gasteiger partial charge in [-0.1, -0.05) is 24.3 Å². The van der Waals surface area contributed by atoms with Gasteiger partial charge in [-0.2, -0.15) is 0 Å². The fraction of sp³-hybridized carbons (Fsp3) is 0.259. The third kappa shape index (κ3) is 7.64. The molecule has 0 spiro atoms. The summed E-state index contributed by atoms with van der Waals surface area (Å²) >= 11 is 1.52. The molecule has 3 rings (SSSR count). The average molecular weight is 481 g/mol. The van der Waals surface area contributed by atoms with Crippen LogP contribution in [0.3, 0.4) is 0 Å². The van der Waals surface area contributed by atoms with E-state index in [0.717, 1.165) is 33.2 Å². The molecule has 0 aliphatic rings. The summed E-state index contributed by atoms with van der Waals surface area (Å²) in [7, 11) is 0. The van der Waals surface area contributed by atoms with Crippen LogP contribution in [0.4, 0.5) is 4.39 Å². The minimum atomic E-state index is -0.317. The van der Waals surface area contributed by atoms with E-state index in [0.29, 0.717) is 25.2 Å². The Balaban J connectivity index is 1.55. The van der Waals surface area contributed by atoms with E-state index in [-0.39, 0.29) is 17.8 Å². The molecule has 7 heteroatoms. The molecule has 0 saturated heterocycles. The second-order valence-corrected chi connectivity index (χ2v) is 8.81. The van der Waals surface area contributed by atoms with Gasteiger partial charge in [0.15, 0.2) is 0 Å². The molecule has 2 N–H and O–H groups in total. The minimum absolute atomic E-state index is 0.227. The van der Waals surface area contributed by atoms with E-state index in [1.165, 1.54) is 23.5 Å². The largest absolute Gasteiger partial charge is 0.489 e. The first-order valence-electron chi connectivity index (χ1n) is 11.0. The van der Waals surface area contributed by atoms with Gasteiger partial charge in [-0.05, 0) is 80.3 Å². The van der Waals surface area contributed by atoms with Gasteiger partial charge in [0, 0.05) is 11.0 Å². The van der Waals surface area contributed by atoms with Crippen LogP contribution in [0.2, 0.25) is 0 Å². The maximum absolute atomic E-state index is 13.0. The molecular weight excluding hydrogens is 451 g/mol. The molecule has 0 aliphatic carbocycles. The molecule has 3 aromatic rings. The summed E-state index contributed by atoms with van der Waals surface area (Å²) in [5.74, 6) is 0.164. The molecule has 178 valence electrons. The Hall–Kier alpha value is -3.29. The fourth-order valence-corrected chi connectivity index (χ4v) is 4.05. The predicted octanol–water partition coefficient (Wildman–Crippen LogP) is 6.02. The van der Waals surface area contributed by atoms with Gasteiger partial charge in [0.05, 0.1) is 18.3 Å². The van der Waals surface area contributed by atoms with E-state index < -0.39 is 0 Å². The van der Waals surface area contributed by atoms with Crippen LogP contribution < -0.4 is 10.5 Å². The van der Waals surface area contributed by atoms with Crippen LogP contribution in [0.15, 0.2) is 71.1 Å². The Kier molecular flexibility index (Phi) is 9.13. The fourth-order valence-electron chi connectivity index (χ4n) is 3.27. The summed E-state index contributed by atoms with van der Waals surface area (Å²) in [6, 6.07) is 13.8. The van der Waals surface area contributed by atoms with Gasteiger partial charge in [-0.3, -0.25) is 0 Å². The van der Waals surface area contributed by atoms with Crippen LogP contribution in [-0.4, -0.2) is 17.6 Å². The number of hydrogen-bond donors (Lipinski definition) is 1. The number of nitrogens with zero attached hydrogens (tertiary/aromatic N) is 1. The summed E-state index contributed by atoms with van der Waals surface area (Å²) < 4.78 is 23.8. The Bertz CT molecular complexity index is 1150. The van der Waals surface area contributed by atoms with E-state index in [4.69, 9.17) is 15.2 Å². The normalized spacial score (nSPS) is 13.0. The number of esters is 1.